The van der Waals surface area contributed by atoms with Crippen molar-refractivity contribution in [1.29, 1.82) is 0 Å². The second-order valence-corrected chi connectivity index (χ2v) is 5.79. The van der Waals surface area contributed by atoms with Crippen molar-refractivity contribution in [2.75, 3.05) is 0 Å². The van der Waals surface area contributed by atoms with E-state index in [2.05, 4.69) is 26.2 Å². The Morgan fingerprint density at radius 2 is 2.00 bits per heavy atom. The summed E-state index contributed by atoms with van der Waals surface area (Å²) < 4.78 is 26.5. The molecular formula is C16H13BrF2N2O3. The molecule has 8 heteroatoms. The van der Waals surface area contributed by atoms with Crippen LogP contribution in [0, 0.1) is 11.6 Å². The van der Waals surface area contributed by atoms with E-state index in [1.54, 1.807) is 18.3 Å². The number of carboxylic acids is 1. The van der Waals surface area contributed by atoms with E-state index < -0.39 is 29.6 Å². The van der Waals surface area contributed by atoms with Crippen LogP contribution in [0.2, 0.25) is 0 Å². The first kappa shape index (κ1) is 18.0. The minimum atomic E-state index is -1.20. The highest BCUT2D eigenvalue weighted by Gasteiger charge is 2.22. The fourth-order valence-electron chi connectivity index (χ4n) is 2.07. The van der Waals surface area contributed by atoms with Crippen molar-refractivity contribution in [3.63, 3.8) is 0 Å². The maximum Gasteiger partial charge on any atom is 0.326 e. The molecule has 1 heterocycles. The number of hydrogen-bond donors (Lipinski definition) is 2. The molecule has 0 unspecified atom stereocenters. The average molecular weight is 399 g/mol. The molecule has 2 rings (SSSR count). The summed E-state index contributed by atoms with van der Waals surface area (Å²) in [6.45, 7) is 0. The van der Waals surface area contributed by atoms with Gasteiger partial charge in [-0.3, -0.25) is 4.79 Å². The minimum absolute atomic E-state index is 0.0350. The topological polar surface area (TPSA) is 79.3 Å². The van der Waals surface area contributed by atoms with Crippen LogP contribution in [0.1, 0.15) is 11.1 Å². The first-order valence-corrected chi connectivity index (χ1v) is 7.71. The molecule has 126 valence electrons. The zero-order valence-corrected chi connectivity index (χ0v) is 13.9. The molecule has 1 amide bonds. The fourth-order valence-corrected chi connectivity index (χ4v) is 2.48. The Balaban J connectivity index is 2.04. The smallest absolute Gasteiger partial charge is 0.326 e. The van der Waals surface area contributed by atoms with Crippen LogP contribution in [-0.4, -0.2) is 28.0 Å². The summed E-state index contributed by atoms with van der Waals surface area (Å²) in [5.41, 5.74) is 0.871. The van der Waals surface area contributed by atoms with E-state index in [9.17, 15) is 23.5 Å². The van der Waals surface area contributed by atoms with Crippen molar-refractivity contribution in [3.05, 3.63) is 63.9 Å². The third-order valence-electron chi connectivity index (χ3n) is 3.24. The Morgan fingerprint density at radius 1 is 1.25 bits per heavy atom. The maximum absolute atomic E-state index is 13.1. The summed E-state index contributed by atoms with van der Waals surface area (Å²) in [5.74, 6) is -3.88. The number of rotatable bonds is 6. The lowest BCUT2D eigenvalue weighted by molar-refractivity contribution is -0.141. The van der Waals surface area contributed by atoms with E-state index in [0.29, 0.717) is 10.2 Å². The third kappa shape index (κ3) is 4.82. The van der Waals surface area contributed by atoms with Gasteiger partial charge in [0.2, 0.25) is 5.91 Å². The highest BCUT2D eigenvalue weighted by molar-refractivity contribution is 9.10. The van der Waals surface area contributed by atoms with Crippen LogP contribution in [0.15, 0.2) is 41.1 Å². The van der Waals surface area contributed by atoms with Crippen LogP contribution in [-0.2, 0) is 22.4 Å². The Labute approximate surface area is 144 Å². The summed E-state index contributed by atoms with van der Waals surface area (Å²) in [7, 11) is 0. The molecule has 24 heavy (non-hydrogen) atoms. The minimum Gasteiger partial charge on any atom is -0.480 e. The van der Waals surface area contributed by atoms with Crippen LogP contribution < -0.4 is 5.32 Å². The van der Waals surface area contributed by atoms with Crippen molar-refractivity contribution < 1.29 is 23.5 Å². The van der Waals surface area contributed by atoms with Crippen LogP contribution in [0.4, 0.5) is 8.78 Å². The number of aliphatic carboxylic acids is 1. The number of carbonyl (C=O) groups is 2. The Kier molecular flexibility index (Phi) is 5.97. The molecule has 1 atom stereocenters. The van der Waals surface area contributed by atoms with Crippen molar-refractivity contribution in [2.24, 2.45) is 0 Å². The van der Waals surface area contributed by atoms with E-state index in [1.165, 1.54) is 6.07 Å². The normalized spacial score (nSPS) is 11.8. The lowest BCUT2D eigenvalue weighted by atomic mass is 10.1. The monoisotopic (exact) mass is 398 g/mol. The maximum atomic E-state index is 13.1. The number of hydrogen-bond acceptors (Lipinski definition) is 3. The molecule has 0 radical (unpaired) electrons. The van der Waals surface area contributed by atoms with Crippen molar-refractivity contribution in [2.45, 2.75) is 18.9 Å². The van der Waals surface area contributed by atoms with E-state index in [1.807, 2.05) is 0 Å². The second-order valence-electron chi connectivity index (χ2n) is 5.04. The summed E-state index contributed by atoms with van der Waals surface area (Å²) in [4.78, 5) is 27.3. The molecule has 0 aliphatic rings. The van der Waals surface area contributed by atoms with Gasteiger partial charge in [0, 0.05) is 12.6 Å². The largest absolute Gasteiger partial charge is 0.480 e. The number of nitrogens with one attached hydrogen (secondary N) is 1. The Hall–Kier alpha value is -2.35. The van der Waals surface area contributed by atoms with E-state index >= 15 is 0 Å². The number of nitrogens with zero attached hydrogens (tertiary/aromatic N) is 1. The molecule has 0 aliphatic heterocycles. The molecule has 1 aromatic carbocycles. The lowest BCUT2D eigenvalue weighted by Gasteiger charge is -2.15. The number of aromatic nitrogens is 1. The first-order chi connectivity index (χ1) is 11.4. The van der Waals surface area contributed by atoms with Crippen LogP contribution in [0.5, 0.6) is 0 Å². The first-order valence-electron chi connectivity index (χ1n) is 6.92. The molecule has 2 N–H and O–H groups in total. The van der Waals surface area contributed by atoms with Crippen LogP contribution in [0.3, 0.4) is 0 Å². The third-order valence-corrected chi connectivity index (χ3v) is 3.96. The van der Waals surface area contributed by atoms with E-state index in [4.69, 9.17) is 0 Å². The molecule has 0 fully saturated rings. The van der Waals surface area contributed by atoms with Crippen molar-refractivity contribution in [1.82, 2.24) is 10.3 Å². The summed E-state index contributed by atoms with van der Waals surface area (Å²) in [6.07, 6.45) is 1.33. The van der Waals surface area contributed by atoms with Crippen LogP contribution in [0.25, 0.3) is 0 Å². The molecule has 0 bridgehead atoms. The number of benzene rings is 1. The molecule has 0 saturated carbocycles. The van der Waals surface area contributed by atoms with Crippen LogP contribution >= 0.6 is 15.9 Å². The Morgan fingerprint density at radius 3 is 2.62 bits per heavy atom. The van der Waals surface area contributed by atoms with Crippen molar-refractivity contribution >= 4 is 27.8 Å². The number of pyridine rings is 1. The van der Waals surface area contributed by atoms with Gasteiger partial charge >= 0.3 is 5.97 Å². The Bertz CT molecular complexity index is 771. The van der Waals surface area contributed by atoms with Gasteiger partial charge in [-0.15, -0.1) is 0 Å². The second kappa shape index (κ2) is 7.96. The lowest BCUT2D eigenvalue weighted by Crippen LogP contribution is -2.43. The van der Waals surface area contributed by atoms with E-state index in [0.717, 1.165) is 12.1 Å². The highest BCUT2D eigenvalue weighted by Crippen LogP contribution is 2.15. The number of halogens is 3. The number of amides is 1. The van der Waals surface area contributed by atoms with E-state index in [-0.39, 0.29) is 18.4 Å². The van der Waals surface area contributed by atoms with Gasteiger partial charge in [-0.25, -0.2) is 18.6 Å². The molecule has 0 saturated heterocycles. The molecule has 0 aliphatic carbocycles. The van der Waals surface area contributed by atoms with Gasteiger partial charge in [-0.2, -0.15) is 0 Å². The van der Waals surface area contributed by atoms with Gasteiger partial charge < -0.3 is 10.4 Å². The zero-order valence-electron chi connectivity index (χ0n) is 12.3. The van der Waals surface area contributed by atoms with Crippen molar-refractivity contribution in [3.8, 4) is 0 Å². The highest BCUT2D eigenvalue weighted by atomic mass is 79.9. The SMILES string of the molecule is O=C(Cc1ccc(F)c(F)c1)N[C@H](Cc1cccnc1Br)C(=O)O. The fraction of sp³-hybridized carbons (Fsp3) is 0.188. The summed E-state index contributed by atoms with van der Waals surface area (Å²) in [6, 6.07) is 5.27. The molecule has 5 nitrogen and oxygen atoms in total. The van der Waals surface area contributed by atoms with Gasteiger partial charge in [0.1, 0.15) is 10.6 Å². The predicted molar refractivity (Wildman–Crippen MR) is 85.3 cm³/mol. The van der Waals surface area contributed by atoms with Gasteiger partial charge in [0.25, 0.3) is 0 Å². The summed E-state index contributed by atoms with van der Waals surface area (Å²) in [5, 5.41) is 11.6. The number of carbonyl (C=O) groups excluding carboxylic acids is 1. The standard InChI is InChI=1S/C16H13BrF2N2O3/c17-15-10(2-1-5-20-15)8-13(16(23)24)21-14(22)7-9-3-4-11(18)12(19)6-9/h1-6,13H,7-8H2,(H,21,22)(H,23,24)/t13-/m1/s1. The van der Waals surface area contributed by atoms with Gasteiger partial charge in [-0.05, 0) is 45.3 Å². The molecule has 0 spiro atoms. The molecule has 2 aromatic rings. The predicted octanol–water partition coefficient (Wildman–Crippen LogP) is 2.48. The zero-order chi connectivity index (χ0) is 17.7. The number of carboxylic acid groups (broad SMARTS) is 1. The van der Waals surface area contributed by atoms with Gasteiger partial charge in [0.15, 0.2) is 11.6 Å². The molecular weight excluding hydrogens is 386 g/mol. The molecule has 1 aromatic heterocycles. The average Bonchev–Trinajstić information content (AvgIpc) is 2.52. The van der Waals surface area contributed by atoms with Gasteiger partial charge in [0.05, 0.1) is 6.42 Å². The van der Waals surface area contributed by atoms with Gasteiger partial charge in [-0.1, -0.05) is 12.1 Å². The summed E-state index contributed by atoms with van der Waals surface area (Å²) >= 11 is 3.21. The quantitative estimate of drug-likeness (QED) is 0.732.